The molecule has 1 saturated heterocycles. The van der Waals surface area contributed by atoms with Crippen molar-refractivity contribution in [1.82, 2.24) is 4.90 Å². The SMILES string of the molecule is COc1ccc(Cl)cc1C(=O)N1CCC[C@@H]([C@H](C)N)C1. The van der Waals surface area contributed by atoms with E-state index in [1.165, 1.54) is 0 Å². The fourth-order valence-electron chi connectivity index (χ4n) is 2.64. The van der Waals surface area contributed by atoms with Gasteiger partial charge in [-0.2, -0.15) is 0 Å². The maximum Gasteiger partial charge on any atom is 0.257 e. The molecular formula is C15H21ClN2O2. The number of carbonyl (C=O) groups excluding carboxylic acids is 1. The molecule has 4 nitrogen and oxygen atoms in total. The number of nitrogens with zero attached hydrogens (tertiary/aromatic N) is 1. The number of rotatable bonds is 3. The van der Waals surface area contributed by atoms with Crippen molar-refractivity contribution >= 4 is 17.5 Å². The van der Waals surface area contributed by atoms with E-state index in [1.54, 1.807) is 25.3 Å². The summed E-state index contributed by atoms with van der Waals surface area (Å²) in [6, 6.07) is 5.21. The molecule has 1 fully saturated rings. The zero-order valence-electron chi connectivity index (χ0n) is 11.9. The molecule has 0 saturated carbocycles. The molecule has 0 unspecified atom stereocenters. The van der Waals surface area contributed by atoms with Crippen LogP contribution >= 0.6 is 11.6 Å². The highest BCUT2D eigenvalue weighted by atomic mass is 35.5. The molecule has 20 heavy (non-hydrogen) atoms. The molecule has 1 heterocycles. The van der Waals surface area contributed by atoms with Crippen LogP contribution in [0.15, 0.2) is 18.2 Å². The Balaban J connectivity index is 2.20. The van der Waals surface area contributed by atoms with Gasteiger partial charge in [-0.15, -0.1) is 0 Å². The summed E-state index contributed by atoms with van der Waals surface area (Å²) in [4.78, 5) is 14.5. The van der Waals surface area contributed by atoms with Gasteiger partial charge in [0.25, 0.3) is 5.91 Å². The minimum absolute atomic E-state index is 0.0327. The second-order valence-corrected chi connectivity index (χ2v) is 5.79. The number of hydrogen-bond acceptors (Lipinski definition) is 3. The molecule has 2 N–H and O–H groups in total. The number of methoxy groups -OCH3 is 1. The highest BCUT2D eigenvalue weighted by Crippen LogP contribution is 2.26. The summed E-state index contributed by atoms with van der Waals surface area (Å²) in [7, 11) is 1.56. The van der Waals surface area contributed by atoms with Crippen LogP contribution in [0.4, 0.5) is 0 Å². The Labute approximate surface area is 124 Å². The Hall–Kier alpha value is -1.26. The normalized spacial score (nSPS) is 20.6. The first kappa shape index (κ1) is 15.1. The van der Waals surface area contributed by atoms with Gasteiger partial charge in [-0.05, 0) is 43.9 Å². The monoisotopic (exact) mass is 296 g/mol. The Kier molecular flexibility index (Phi) is 4.89. The number of hydrogen-bond donors (Lipinski definition) is 1. The Morgan fingerprint density at radius 3 is 2.95 bits per heavy atom. The third-order valence-corrected chi connectivity index (χ3v) is 4.12. The van der Waals surface area contributed by atoms with Gasteiger partial charge < -0.3 is 15.4 Å². The number of amides is 1. The summed E-state index contributed by atoms with van der Waals surface area (Å²) < 4.78 is 5.26. The number of benzene rings is 1. The van der Waals surface area contributed by atoms with Crippen molar-refractivity contribution in [3.8, 4) is 5.75 Å². The molecule has 1 amide bonds. The van der Waals surface area contributed by atoms with Crippen LogP contribution in [0.25, 0.3) is 0 Å². The average molecular weight is 297 g/mol. The molecule has 0 bridgehead atoms. The largest absolute Gasteiger partial charge is 0.496 e. The summed E-state index contributed by atoms with van der Waals surface area (Å²) in [5, 5.41) is 0.537. The molecular weight excluding hydrogens is 276 g/mol. The van der Waals surface area contributed by atoms with Crippen LogP contribution in [-0.4, -0.2) is 37.0 Å². The van der Waals surface area contributed by atoms with Gasteiger partial charge in [0, 0.05) is 24.2 Å². The van der Waals surface area contributed by atoms with E-state index in [0.717, 1.165) is 19.4 Å². The summed E-state index contributed by atoms with van der Waals surface area (Å²) in [5.41, 5.74) is 6.48. The number of halogens is 1. The van der Waals surface area contributed by atoms with Gasteiger partial charge in [-0.25, -0.2) is 0 Å². The number of piperidine rings is 1. The number of carbonyl (C=O) groups is 1. The van der Waals surface area contributed by atoms with Gasteiger partial charge in [0.1, 0.15) is 5.75 Å². The van der Waals surface area contributed by atoms with E-state index < -0.39 is 0 Å². The van der Waals surface area contributed by atoms with Crippen molar-refractivity contribution in [3.63, 3.8) is 0 Å². The van der Waals surface area contributed by atoms with Crippen LogP contribution in [0.1, 0.15) is 30.1 Å². The highest BCUT2D eigenvalue weighted by Gasteiger charge is 2.27. The predicted molar refractivity (Wildman–Crippen MR) is 80.3 cm³/mol. The first-order valence-electron chi connectivity index (χ1n) is 6.91. The van der Waals surface area contributed by atoms with Crippen molar-refractivity contribution in [3.05, 3.63) is 28.8 Å². The highest BCUT2D eigenvalue weighted by molar-refractivity contribution is 6.31. The lowest BCUT2D eigenvalue weighted by molar-refractivity contribution is 0.0657. The minimum Gasteiger partial charge on any atom is -0.496 e. The lowest BCUT2D eigenvalue weighted by Gasteiger charge is -2.34. The third-order valence-electron chi connectivity index (χ3n) is 3.88. The quantitative estimate of drug-likeness (QED) is 0.932. The Morgan fingerprint density at radius 1 is 1.55 bits per heavy atom. The molecule has 0 spiro atoms. The van der Waals surface area contributed by atoms with Crippen molar-refractivity contribution in [2.75, 3.05) is 20.2 Å². The molecule has 5 heteroatoms. The standard InChI is InChI=1S/C15H21ClN2O2/c1-10(17)11-4-3-7-18(9-11)15(19)13-8-12(16)5-6-14(13)20-2/h5-6,8,10-11H,3-4,7,9,17H2,1-2H3/t10-,11+/m0/s1. The van der Waals surface area contributed by atoms with E-state index in [4.69, 9.17) is 22.1 Å². The van der Waals surface area contributed by atoms with Gasteiger partial charge in [0.15, 0.2) is 0 Å². The van der Waals surface area contributed by atoms with E-state index in [1.807, 2.05) is 11.8 Å². The fourth-order valence-corrected chi connectivity index (χ4v) is 2.81. The van der Waals surface area contributed by atoms with E-state index in [0.29, 0.717) is 28.8 Å². The lowest BCUT2D eigenvalue weighted by Crippen LogP contribution is -2.45. The van der Waals surface area contributed by atoms with Crippen LogP contribution in [0.3, 0.4) is 0 Å². The van der Waals surface area contributed by atoms with E-state index in [2.05, 4.69) is 0 Å². The molecule has 2 rings (SSSR count). The van der Waals surface area contributed by atoms with Crippen LogP contribution in [-0.2, 0) is 0 Å². The summed E-state index contributed by atoms with van der Waals surface area (Å²) in [6.07, 6.45) is 2.06. The van der Waals surface area contributed by atoms with Crippen molar-refractivity contribution in [2.45, 2.75) is 25.8 Å². The van der Waals surface area contributed by atoms with Crippen LogP contribution in [0.5, 0.6) is 5.75 Å². The molecule has 2 atom stereocenters. The smallest absolute Gasteiger partial charge is 0.257 e. The topological polar surface area (TPSA) is 55.6 Å². The number of nitrogens with two attached hydrogens (primary N) is 1. The Morgan fingerprint density at radius 2 is 2.30 bits per heavy atom. The predicted octanol–water partition coefficient (Wildman–Crippen LogP) is 2.55. The maximum atomic E-state index is 12.6. The molecule has 1 aromatic rings. The fraction of sp³-hybridized carbons (Fsp3) is 0.533. The number of ether oxygens (including phenoxy) is 1. The van der Waals surface area contributed by atoms with Crippen LogP contribution in [0.2, 0.25) is 5.02 Å². The van der Waals surface area contributed by atoms with Gasteiger partial charge in [-0.3, -0.25) is 4.79 Å². The molecule has 1 aliphatic heterocycles. The molecule has 0 radical (unpaired) electrons. The van der Waals surface area contributed by atoms with Crippen LogP contribution in [0, 0.1) is 5.92 Å². The van der Waals surface area contributed by atoms with Crippen molar-refractivity contribution in [1.29, 1.82) is 0 Å². The zero-order chi connectivity index (χ0) is 14.7. The molecule has 1 aromatic carbocycles. The molecule has 110 valence electrons. The van der Waals surface area contributed by atoms with Gasteiger partial charge >= 0.3 is 0 Å². The van der Waals surface area contributed by atoms with Crippen molar-refractivity contribution < 1.29 is 9.53 Å². The first-order chi connectivity index (χ1) is 9.52. The maximum absolute atomic E-state index is 12.6. The molecule has 1 aliphatic rings. The first-order valence-corrected chi connectivity index (χ1v) is 7.29. The number of likely N-dealkylation sites (tertiary alicyclic amines) is 1. The van der Waals surface area contributed by atoms with Crippen LogP contribution < -0.4 is 10.5 Å². The second-order valence-electron chi connectivity index (χ2n) is 5.36. The van der Waals surface area contributed by atoms with E-state index in [-0.39, 0.29) is 11.9 Å². The molecule has 0 aliphatic carbocycles. The summed E-state index contributed by atoms with van der Waals surface area (Å²) in [6.45, 7) is 3.46. The van der Waals surface area contributed by atoms with Crippen molar-refractivity contribution in [2.24, 2.45) is 11.7 Å². The van der Waals surface area contributed by atoms with E-state index >= 15 is 0 Å². The summed E-state index contributed by atoms with van der Waals surface area (Å²) in [5.74, 6) is 0.884. The Bertz CT molecular complexity index is 491. The van der Waals surface area contributed by atoms with E-state index in [9.17, 15) is 4.79 Å². The van der Waals surface area contributed by atoms with Gasteiger partial charge in [0.05, 0.1) is 12.7 Å². The second kappa shape index (κ2) is 6.46. The minimum atomic E-state index is -0.0327. The summed E-state index contributed by atoms with van der Waals surface area (Å²) >= 11 is 5.99. The lowest BCUT2D eigenvalue weighted by atomic mass is 9.92. The zero-order valence-corrected chi connectivity index (χ0v) is 12.7. The third kappa shape index (κ3) is 3.25. The molecule has 0 aromatic heterocycles. The average Bonchev–Trinajstić information content (AvgIpc) is 2.46. The van der Waals surface area contributed by atoms with Gasteiger partial charge in [-0.1, -0.05) is 11.6 Å². The van der Waals surface area contributed by atoms with Gasteiger partial charge in [0.2, 0.25) is 0 Å².